The lowest BCUT2D eigenvalue weighted by atomic mass is 10.1. The van der Waals surface area contributed by atoms with Crippen LogP contribution in [0, 0.1) is 0 Å². The van der Waals surface area contributed by atoms with Crippen LogP contribution in [0.2, 0.25) is 20.1 Å². The number of nitrogens with zero attached hydrogens (tertiary/aromatic N) is 1. The second-order valence-corrected chi connectivity index (χ2v) is 5.00. The van der Waals surface area contributed by atoms with Crippen LogP contribution < -0.4 is 0 Å². The maximum atomic E-state index is 12.0. The minimum absolute atomic E-state index is 0.0745. The first-order valence-electron chi connectivity index (χ1n) is 4.74. The summed E-state index contributed by atoms with van der Waals surface area (Å²) < 4.78 is 0. The third kappa shape index (κ3) is 1.80. The number of carbonyl (C=O) groups excluding carboxylic acids is 2. The fourth-order valence-electron chi connectivity index (χ4n) is 1.70. The maximum absolute atomic E-state index is 12.0. The molecular weight excluding hydrogens is 324 g/mol. The fraction of sp³-hybridized carbons (Fsp3) is 0.200. The Bertz CT molecular complexity index is 526. The van der Waals surface area contributed by atoms with Gasteiger partial charge in [0.1, 0.15) is 0 Å². The van der Waals surface area contributed by atoms with Crippen molar-refractivity contribution in [1.29, 1.82) is 0 Å². The Labute approximate surface area is 122 Å². The molecule has 1 aliphatic heterocycles. The normalized spacial score (nSPS) is 14.4. The van der Waals surface area contributed by atoms with Crippen molar-refractivity contribution < 1.29 is 14.7 Å². The van der Waals surface area contributed by atoms with Crippen LogP contribution in [0.25, 0.3) is 0 Å². The molecule has 4 nitrogen and oxygen atoms in total. The van der Waals surface area contributed by atoms with Crippen molar-refractivity contribution in [3.05, 3.63) is 31.2 Å². The number of aliphatic hydroxyl groups excluding tert-OH is 1. The summed E-state index contributed by atoms with van der Waals surface area (Å²) in [6.45, 7) is -0.504. The van der Waals surface area contributed by atoms with E-state index in [1.165, 1.54) is 0 Å². The molecule has 0 aromatic heterocycles. The molecular formula is C10H5Cl4NO3. The van der Waals surface area contributed by atoms with Gasteiger partial charge in [-0.15, -0.1) is 0 Å². The van der Waals surface area contributed by atoms with Gasteiger partial charge in [0.15, 0.2) is 0 Å². The third-order valence-corrected chi connectivity index (χ3v) is 4.31. The first-order valence-corrected chi connectivity index (χ1v) is 6.26. The number of amides is 2. The van der Waals surface area contributed by atoms with E-state index in [-0.39, 0.29) is 44.4 Å². The van der Waals surface area contributed by atoms with Crippen molar-refractivity contribution >= 4 is 58.2 Å². The Balaban J connectivity index is 2.72. The lowest BCUT2D eigenvalue weighted by Gasteiger charge is -2.10. The SMILES string of the molecule is O=C1c2c(Cl)c(Cl)c(Cl)c(Cl)c2C(=O)N1CCO. The quantitative estimate of drug-likeness (QED) is 0.516. The first kappa shape index (κ1) is 13.9. The van der Waals surface area contributed by atoms with Gasteiger partial charge in [0, 0.05) is 0 Å². The molecule has 0 unspecified atom stereocenters. The van der Waals surface area contributed by atoms with Gasteiger partial charge in [-0.05, 0) is 0 Å². The number of benzene rings is 1. The number of imide groups is 1. The van der Waals surface area contributed by atoms with E-state index >= 15 is 0 Å². The molecule has 1 aromatic rings. The summed E-state index contributed by atoms with van der Waals surface area (Å²) in [6.07, 6.45) is 0. The van der Waals surface area contributed by atoms with E-state index in [0.29, 0.717) is 0 Å². The van der Waals surface area contributed by atoms with Gasteiger partial charge in [0.2, 0.25) is 0 Å². The highest BCUT2D eigenvalue weighted by molar-refractivity contribution is 6.55. The lowest BCUT2D eigenvalue weighted by Crippen LogP contribution is -2.32. The minimum Gasteiger partial charge on any atom is -0.395 e. The molecule has 0 spiro atoms. The highest BCUT2D eigenvalue weighted by atomic mass is 35.5. The Kier molecular flexibility index (Phi) is 3.76. The molecule has 2 amide bonds. The topological polar surface area (TPSA) is 57.6 Å². The van der Waals surface area contributed by atoms with Crippen LogP contribution in [0.1, 0.15) is 20.7 Å². The zero-order chi connectivity index (χ0) is 13.6. The Morgan fingerprint density at radius 2 is 1.22 bits per heavy atom. The number of carbonyl (C=O) groups is 2. The van der Waals surface area contributed by atoms with Crippen LogP contribution >= 0.6 is 46.4 Å². The zero-order valence-electron chi connectivity index (χ0n) is 8.64. The largest absolute Gasteiger partial charge is 0.395 e. The van der Waals surface area contributed by atoms with E-state index < -0.39 is 11.8 Å². The molecule has 1 heterocycles. The molecule has 1 N–H and O–H groups in total. The molecule has 0 radical (unpaired) electrons. The van der Waals surface area contributed by atoms with Crippen molar-refractivity contribution in [2.45, 2.75) is 0 Å². The van der Waals surface area contributed by atoms with Gasteiger partial charge in [-0.25, -0.2) is 0 Å². The van der Waals surface area contributed by atoms with E-state index in [2.05, 4.69) is 0 Å². The average Bonchev–Trinajstić information content (AvgIpc) is 2.59. The van der Waals surface area contributed by atoms with E-state index in [4.69, 9.17) is 51.5 Å². The molecule has 18 heavy (non-hydrogen) atoms. The molecule has 0 aliphatic carbocycles. The second-order valence-electron chi connectivity index (χ2n) is 3.49. The highest BCUT2D eigenvalue weighted by Gasteiger charge is 2.41. The standard InChI is InChI=1S/C10H5Cl4NO3/c11-5-3-4(6(12)8(14)7(5)13)10(18)15(1-2-16)9(3)17/h16H,1-2H2. The molecule has 1 aromatic carbocycles. The summed E-state index contributed by atoms with van der Waals surface area (Å²) in [5.74, 6) is -1.29. The van der Waals surface area contributed by atoms with Gasteiger partial charge < -0.3 is 5.11 Å². The number of hydrogen-bond donors (Lipinski definition) is 1. The summed E-state index contributed by atoms with van der Waals surface area (Å²) in [5.41, 5.74) is -0.149. The third-order valence-electron chi connectivity index (χ3n) is 2.51. The highest BCUT2D eigenvalue weighted by Crippen LogP contribution is 2.44. The monoisotopic (exact) mass is 327 g/mol. The molecule has 2 rings (SSSR count). The van der Waals surface area contributed by atoms with Crippen LogP contribution in [0.15, 0.2) is 0 Å². The molecule has 0 atom stereocenters. The number of halogens is 4. The molecule has 8 heteroatoms. The number of rotatable bonds is 2. The van der Waals surface area contributed by atoms with Crippen molar-refractivity contribution in [2.75, 3.05) is 13.2 Å². The molecule has 0 bridgehead atoms. The van der Waals surface area contributed by atoms with E-state index in [1.54, 1.807) is 0 Å². The zero-order valence-corrected chi connectivity index (χ0v) is 11.7. The minimum atomic E-state index is -0.644. The van der Waals surface area contributed by atoms with E-state index in [1.807, 2.05) is 0 Å². The van der Waals surface area contributed by atoms with Crippen LogP contribution in [-0.4, -0.2) is 35.0 Å². The molecule has 0 saturated heterocycles. The number of aliphatic hydroxyl groups is 1. The van der Waals surface area contributed by atoms with Gasteiger partial charge in [-0.3, -0.25) is 14.5 Å². The Morgan fingerprint density at radius 3 is 1.56 bits per heavy atom. The van der Waals surface area contributed by atoms with Crippen molar-refractivity contribution in [2.24, 2.45) is 0 Å². The lowest BCUT2D eigenvalue weighted by molar-refractivity contribution is 0.0624. The van der Waals surface area contributed by atoms with Gasteiger partial charge in [0.05, 0.1) is 44.4 Å². The molecule has 0 saturated carbocycles. The van der Waals surface area contributed by atoms with E-state index in [0.717, 1.165) is 4.90 Å². The summed E-state index contributed by atoms with van der Waals surface area (Å²) in [4.78, 5) is 24.8. The van der Waals surface area contributed by atoms with Gasteiger partial charge in [0.25, 0.3) is 11.8 Å². The number of hydrogen-bond acceptors (Lipinski definition) is 3. The van der Waals surface area contributed by atoms with Crippen LogP contribution in [-0.2, 0) is 0 Å². The van der Waals surface area contributed by atoms with Crippen LogP contribution in [0.3, 0.4) is 0 Å². The maximum Gasteiger partial charge on any atom is 0.263 e. The molecule has 1 aliphatic rings. The van der Waals surface area contributed by atoms with Gasteiger partial charge >= 0.3 is 0 Å². The fourth-order valence-corrected chi connectivity index (χ4v) is 2.71. The molecule has 96 valence electrons. The first-order chi connectivity index (χ1) is 8.41. The van der Waals surface area contributed by atoms with Crippen molar-refractivity contribution in [3.63, 3.8) is 0 Å². The predicted molar refractivity (Wildman–Crippen MR) is 68.9 cm³/mol. The summed E-state index contributed by atoms with van der Waals surface area (Å²) >= 11 is 23.5. The van der Waals surface area contributed by atoms with Crippen LogP contribution in [0.5, 0.6) is 0 Å². The predicted octanol–water partition coefficient (Wildman–Crippen LogP) is 2.89. The number of β-amino-alcohol motifs (C(OH)–C–C–N with tert-alkyl or cyclic N) is 1. The van der Waals surface area contributed by atoms with Crippen LogP contribution in [0.4, 0.5) is 0 Å². The van der Waals surface area contributed by atoms with Crippen molar-refractivity contribution in [3.8, 4) is 0 Å². The second kappa shape index (κ2) is 4.87. The molecule has 0 fully saturated rings. The van der Waals surface area contributed by atoms with Crippen molar-refractivity contribution in [1.82, 2.24) is 4.90 Å². The average molecular weight is 329 g/mol. The smallest absolute Gasteiger partial charge is 0.263 e. The summed E-state index contributed by atoms with van der Waals surface area (Å²) in [5, 5.41) is 8.45. The Hall–Kier alpha value is -0.520. The summed E-state index contributed by atoms with van der Waals surface area (Å²) in [6, 6.07) is 0. The number of fused-ring (bicyclic) bond motifs is 1. The van der Waals surface area contributed by atoms with Gasteiger partial charge in [-0.1, -0.05) is 46.4 Å². The van der Waals surface area contributed by atoms with Gasteiger partial charge in [-0.2, -0.15) is 0 Å². The van der Waals surface area contributed by atoms with E-state index in [9.17, 15) is 9.59 Å². The Morgan fingerprint density at radius 1 is 0.833 bits per heavy atom. The summed E-state index contributed by atoms with van der Waals surface area (Å²) in [7, 11) is 0.